The van der Waals surface area contributed by atoms with E-state index >= 15 is 0 Å². The molecule has 0 aliphatic rings. The minimum absolute atomic E-state index is 0.623. The number of carbonyl (C=O) groups excluding carboxylic acids is 1. The SMILES string of the molecule is CP(=O)(O)P(=O)(O)OC(O)CC(=O)n1ccnc1. The van der Waals surface area contributed by atoms with Gasteiger partial charge < -0.3 is 14.9 Å². The molecule has 0 bridgehead atoms. The lowest BCUT2D eigenvalue weighted by Crippen LogP contribution is -2.19. The van der Waals surface area contributed by atoms with Crippen LogP contribution in [0.1, 0.15) is 11.2 Å². The molecule has 18 heavy (non-hydrogen) atoms. The molecule has 0 aromatic carbocycles. The van der Waals surface area contributed by atoms with Crippen molar-refractivity contribution in [2.24, 2.45) is 0 Å². The number of hydrogen-bond donors (Lipinski definition) is 3. The zero-order valence-electron chi connectivity index (χ0n) is 9.28. The Bertz CT molecular complexity index is 508. The summed E-state index contributed by atoms with van der Waals surface area (Å²) >= 11 is 0. The van der Waals surface area contributed by atoms with Crippen LogP contribution in [-0.4, -0.2) is 43.3 Å². The fourth-order valence-corrected chi connectivity index (χ4v) is 2.36. The number of carbonyl (C=O) groups is 1. The molecule has 0 saturated carbocycles. The zero-order chi connectivity index (χ0) is 14.0. The second kappa shape index (κ2) is 5.44. The van der Waals surface area contributed by atoms with E-state index in [1.807, 2.05) is 0 Å². The van der Waals surface area contributed by atoms with Gasteiger partial charge in [0, 0.05) is 19.1 Å². The molecule has 9 nitrogen and oxygen atoms in total. The van der Waals surface area contributed by atoms with E-state index in [0.717, 1.165) is 4.57 Å². The van der Waals surface area contributed by atoms with Crippen molar-refractivity contribution in [2.75, 3.05) is 6.66 Å². The molecule has 0 aliphatic carbocycles. The maximum Gasteiger partial charge on any atom is 0.411 e. The van der Waals surface area contributed by atoms with Gasteiger partial charge in [-0.1, -0.05) is 0 Å². The van der Waals surface area contributed by atoms with Crippen molar-refractivity contribution in [3.63, 3.8) is 0 Å². The first-order valence-electron chi connectivity index (χ1n) is 4.64. The molecule has 0 amide bonds. The van der Waals surface area contributed by atoms with Crippen molar-refractivity contribution in [3.8, 4) is 0 Å². The van der Waals surface area contributed by atoms with E-state index < -0.39 is 33.0 Å². The standard InChI is InChI=1S/C7H12N2O7P2/c1-17(12,13)18(14,15)16-7(11)4-6(10)9-3-2-8-5-9/h2-3,5,7,11H,4H2,1H3,(H,12,13)(H,14,15). The van der Waals surface area contributed by atoms with E-state index in [4.69, 9.17) is 9.79 Å². The Balaban J connectivity index is 2.63. The van der Waals surface area contributed by atoms with Crippen molar-refractivity contribution >= 4 is 20.2 Å². The molecule has 3 N–H and O–H groups in total. The highest BCUT2D eigenvalue weighted by atomic mass is 32.1. The van der Waals surface area contributed by atoms with Gasteiger partial charge in [0.1, 0.15) is 6.33 Å². The van der Waals surface area contributed by atoms with Crippen LogP contribution in [0.2, 0.25) is 0 Å². The third kappa shape index (κ3) is 3.84. The van der Waals surface area contributed by atoms with Gasteiger partial charge in [-0.25, -0.2) is 9.55 Å². The molecule has 0 spiro atoms. The van der Waals surface area contributed by atoms with Gasteiger partial charge in [0.15, 0.2) is 6.29 Å². The second-order valence-corrected chi connectivity index (χ2v) is 10.1. The zero-order valence-corrected chi connectivity index (χ0v) is 11.1. The van der Waals surface area contributed by atoms with Crippen molar-refractivity contribution in [3.05, 3.63) is 18.7 Å². The van der Waals surface area contributed by atoms with Gasteiger partial charge in [-0.05, 0) is 0 Å². The van der Waals surface area contributed by atoms with Crippen LogP contribution in [0.3, 0.4) is 0 Å². The molecule has 1 aromatic rings. The Morgan fingerprint density at radius 1 is 1.50 bits per heavy atom. The number of hydrogen-bond acceptors (Lipinski definition) is 6. The molecule has 0 saturated heterocycles. The molecule has 3 unspecified atom stereocenters. The maximum atomic E-state index is 11.4. The van der Waals surface area contributed by atoms with E-state index in [1.54, 1.807) is 0 Å². The molecule has 11 heteroatoms. The molecule has 1 heterocycles. The summed E-state index contributed by atoms with van der Waals surface area (Å²) in [5.74, 6) is -0.649. The highest BCUT2D eigenvalue weighted by Crippen LogP contribution is 2.75. The second-order valence-electron chi connectivity index (χ2n) is 3.45. The number of aliphatic hydroxyl groups is 1. The first kappa shape index (κ1) is 15.2. The Morgan fingerprint density at radius 2 is 2.11 bits per heavy atom. The summed E-state index contributed by atoms with van der Waals surface area (Å²) in [6.07, 6.45) is 1.20. The first-order chi connectivity index (χ1) is 8.13. The normalized spacial score (nSPS) is 19.8. The predicted octanol–water partition coefficient (Wildman–Crippen LogP) is 0.249. The van der Waals surface area contributed by atoms with Gasteiger partial charge >= 0.3 is 14.3 Å². The molecule has 0 fully saturated rings. The lowest BCUT2D eigenvalue weighted by molar-refractivity contribution is -0.0232. The van der Waals surface area contributed by atoms with Crippen LogP contribution in [0, 0.1) is 0 Å². The van der Waals surface area contributed by atoms with Crippen molar-refractivity contribution in [2.45, 2.75) is 12.7 Å². The fraction of sp³-hybridized carbons (Fsp3) is 0.429. The van der Waals surface area contributed by atoms with Crippen LogP contribution in [0.15, 0.2) is 18.7 Å². The Labute approximate surface area is 102 Å². The topological polar surface area (TPSA) is 139 Å². The van der Waals surface area contributed by atoms with E-state index in [1.165, 1.54) is 18.7 Å². The number of aliphatic hydroxyl groups excluding tert-OH is 1. The average Bonchev–Trinajstić information content (AvgIpc) is 2.66. The summed E-state index contributed by atoms with van der Waals surface area (Å²) in [6.45, 7) is 0.623. The monoisotopic (exact) mass is 298 g/mol. The number of aromatic nitrogens is 2. The van der Waals surface area contributed by atoms with Crippen LogP contribution < -0.4 is 0 Å². The number of nitrogens with zero attached hydrogens (tertiary/aromatic N) is 2. The Kier molecular flexibility index (Phi) is 4.61. The summed E-state index contributed by atoms with van der Waals surface area (Å²) in [7, 11) is -9.31. The van der Waals surface area contributed by atoms with Crippen molar-refractivity contribution in [1.82, 2.24) is 9.55 Å². The van der Waals surface area contributed by atoms with Crippen LogP contribution in [0.25, 0.3) is 0 Å². The highest BCUT2D eigenvalue weighted by molar-refractivity contribution is 8.28. The lowest BCUT2D eigenvalue weighted by atomic mass is 10.4. The van der Waals surface area contributed by atoms with Crippen molar-refractivity contribution in [1.29, 1.82) is 0 Å². The average molecular weight is 298 g/mol. The van der Waals surface area contributed by atoms with E-state index in [9.17, 15) is 19.0 Å². The van der Waals surface area contributed by atoms with Gasteiger partial charge in [-0.2, -0.15) is 0 Å². The summed E-state index contributed by atoms with van der Waals surface area (Å²) in [4.78, 5) is 33.0. The van der Waals surface area contributed by atoms with E-state index in [0.29, 0.717) is 6.66 Å². The largest absolute Gasteiger partial charge is 0.411 e. The quantitative estimate of drug-likeness (QED) is 0.519. The first-order valence-corrected chi connectivity index (χ1v) is 9.03. The minimum atomic E-state index is -4.88. The van der Waals surface area contributed by atoms with E-state index in [-0.39, 0.29) is 0 Å². The lowest BCUT2D eigenvalue weighted by Gasteiger charge is -2.18. The number of imidazole rings is 1. The number of rotatable bonds is 5. The Hall–Kier alpha value is -0.820. The van der Waals surface area contributed by atoms with Gasteiger partial charge in [0.2, 0.25) is 5.91 Å². The summed E-state index contributed by atoms with van der Waals surface area (Å²) in [5.41, 5.74) is 0. The molecule has 102 valence electrons. The van der Waals surface area contributed by atoms with Crippen LogP contribution in [-0.2, 0) is 13.7 Å². The maximum absolute atomic E-state index is 11.4. The molecular weight excluding hydrogens is 286 g/mol. The minimum Gasteiger partial charge on any atom is -0.367 e. The highest BCUT2D eigenvalue weighted by Gasteiger charge is 2.40. The van der Waals surface area contributed by atoms with Crippen LogP contribution in [0.5, 0.6) is 0 Å². The molecule has 0 aliphatic heterocycles. The van der Waals surface area contributed by atoms with Crippen LogP contribution >= 0.6 is 14.3 Å². The summed E-state index contributed by atoms with van der Waals surface area (Å²) in [6, 6.07) is 0. The predicted molar refractivity (Wildman–Crippen MR) is 60.1 cm³/mol. The van der Waals surface area contributed by atoms with Gasteiger partial charge in [0.05, 0.1) is 6.42 Å². The van der Waals surface area contributed by atoms with Gasteiger partial charge in [0.25, 0.3) is 0 Å². The molecule has 1 rings (SSSR count). The van der Waals surface area contributed by atoms with Gasteiger partial charge in [-0.3, -0.25) is 18.5 Å². The van der Waals surface area contributed by atoms with Gasteiger partial charge in [-0.15, -0.1) is 0 Å². The van der Waals surface area contributed by atoms with E-state index in [2.05, 4.69) is 9.51 Å². The van der Waals surface area contributed by atoms with Crippen molar-refractivity contribution < 1.29 is 33.3 Å². The molecule has 0 radical (unpaired) electrons. The smallest absolute Gasteiger partial charge is 0.367 e. The third-order valence-corrected chi connectivity index (χ3v) is 6.42. The third-order valence-electron chi connectivity index (χ3n) is 1.87. The Morgan fingerprint density at radius 3 is 2.56 bits per heavy atom. The summed E-state index contributed by atoms with van der Waals surface area (Å²) < 4.78 is 27.4. The summed E-state index contributed by atoms with van der Waals surface area (Å²) in [5, 5.41) is 9.28. The fourth-order valence-electron chi connectivity index (χ4n) is 0.945. The molecule has 1 aromatic heterocycles. The molecular formula is C7H12N2O7P2. The molecule has 3 atom stereocenters. The van der Waals surface area contributed by atoms with Crippen LogP contribution in [0.4, 0.5) is 0 Å².